The van der Waals surface area contributed by atoms with Gasteiger partial charge in [0.15, 0.2) is 0 Å². The highest BCUT2D eigenvalue weighted by Gasteiger charge is 2.39. The number of fused-ring (bicyclic) bond motifs is 10. The maximum atomic E-state index is 6.08. The van der Waals surface area contributed by atoms with E-state index in [1.165, 1.54) is 174 Å². The van der Waals surface area contributed by atoms with Gasteiger partial charge in [0.05, 0.1) is 6.10 Å². The van der Waals surface area contributed by atoms with E-state index in [4.69, 9.17) is 13.9 Å². The van der Waals surface area contributed by atoms with Gasteiger partial charge in [-0.15, -0.1) is 0 Å². The van der Waals surface area contributed by atoms with Crippen LogP contribution in [0.4, 0.5) is 0 Å². The normalized spacial score (nSPS) is 21.9. The van der Waals surface area contributed by atoms with Crippen LogP contribution >= 0.6 is 0 Å². The van der Waals surface area contributed by atoms with Gasteiger partial charge in [-0.25, -0.2) is 0 Å². The molecule has 476 valence electrons. The van der Waals surface area contributed by atoms with E-state index in [2.05, 4.69) is 245 Å². The molecule has 7 unspecified atom stereocenters. The molecule has 0 spiro atoms. The molecule has 3 heterocycles. The largest absolute Gasteiger partial charge is 0.490 e. The van der Waals surface area contributed by atoms with Crippen LogP contribution in [0.1, 0.15) is 224 Å². The van der Waals surface area contributed by atoms with Crippen LogP contribution in [0.3, 0.4) is 0 Å². The molecule has 3 nitrogen and oxygen atoms in total. The zero-order valence-corrected chi connectivity index (χ0v) is 60.0. The second-order valence-corrected chi connectivity index (χ2v) is 30.6. The zero-order valence-electron chi connectivity index (χ0n) is 60.0. The zero-order chi connectivity index (χ0) is 64.9. The van der Waals surface area contributed by atoms with Gasteiger partial charge in [0.25, 0.3) is 0 Å². The summed E-state index contributed by atoms with van der Waals surface area (Å²) in [6, 6.07) is 28.9. The maximum Gasteiger partial charge on any atom is 0.138 e. The fourth-order valence-corrected chi connectivity index (χ4v) is 16.0. The first-order valence-corrected chi connectivity index (χ1v) is 34.6. The molecule has 2 aliphatic heterocycles. The smallest absolute Gasteiger partial charge is 0.138 e. The van der Waals surface area contributed by atoms with Crippen molar-refractivity contribution in [3.8, 4) is 22.6 Å². The summed E-state index contributed by atoms with van der Waals surface area (Å²) < 4.78 is 18.0. The predicted molar refractivity (Wildman–Crippen MR) is 384 cm³/mol. The van der Waals surface area contributed by atoms with Crippen molar-refractivity contribution in [1.82, 2.24) is 0 Å². The van der Waals surface area contributed by atoms with Gasteiger partial charge in [0, 0.05) is 21.9 Å². The predicted octanol–water partition coefficient (Wildman–Crippen LogP) is 24.0. The van der Waals surface area contributed by atoms with Crippen LogP contribution in [-0.2, 0) is 36.7 Å². The van der Waals surface area contributed by atoms with Crippen LogP contribution in [0, 0.1) is 139 Å². The topological polar surface area (TPSA) is 31.6 Å². The van der Waals surface area contributed by atoms with Gasteiger partial charge >= 0.3 is 0 Å². The molecule has 0 bridgehead atoms. The highest BCUT2D eigenvalue weighted by Crippen LogP contribution is 2.48. The number of ether oxygens (including phenoxy) is 2. The Morgan fingerprint density at radius 1 is 0.382 bits per heavy atom. The van der Waals surface area contributed by atoms with Crippen LogP contribution in [0.25, 0.3) is 33.1 Å². The second kappa shape index (κ2) is 27.0. The summed E-state index contributed by atoms with van der Waals surface area (Å²) in [6.45, 7) is 54.6. The first-order valence-electron chi connectivity index (χ1n) is 34.6. The third-order valence-corrected chi connectivity index (χ3v) is 23.9. The molecule has 2 saturated carbocycles. The highest BCUT2D eigenvalue weighted by atomic mass is 16.5. The molecule has 0 N–H and O–H groups in total. The van der Waals surface area contributed by atoms with Crippen molar-refractivity contribution in [3.63, 3.8) is 0 Å². The third-order valence-electron chi connectivity index (χ3n) is 23.9. The van der Waals surface area contributed by atoms with E-state index in [0.717, 1.165) is 64.6 Å². The number of hydrogen-bond acceptors (Lipinski definition) is 3. The summed E-state index contributed by atoms with van der Waals surface area (Å²) in [5.41, 5.74) is 34.8. The van der Waals surface area contributed by atoms with Gasteiger partial charge < -0.3 is 13.9 Å². The van der Waals surface area contributed by atoms with E-state index in [0.29, 0.717) is 23.5 Å². The van der Waals surface area contributed by atoms with E-state index in [1.807, 2.05) is 0 Å². The minimum Gasteiger partial charge on any atom is -0.490 e. The fourth-order valence-electron chi connectivity index (χ4n) is 16.0. The lowest BCUT2D eigenvalue weighted by Crippen LogP contribution is -2.29. The number of hydrogen-bond donors (Lipinski definition) is 0. The van der Waals surface area contributed by atoms with Crippen LogP contribution in [0.2, 0.25) is 0 Å². The van der Waals surface area contributed by atoms with Crippen molar-refractivity contribution in [1.29, 1.82) is 0 Å². The van der Waals surface area contributed by atoms with Gasteiger partial charge in [-0.1, -0.05) is 147 Å². The molecule has 89 heavy (non-hydrogen) atoms. The van der Waals surface area contributed by atoms with Crippen molar-refractivity contribution >= 4 is 21.9 Å². The molecule has 0 saturated heterocycles. The van der Waals surface area contributed by atoms with Crippen LogP contribution < -0.4 is 9.47 Å². The lowest BCUT2D eigenvalue weighted by molar-refractivity contribution is 0.109. The Bertz CT molecular complexity index is 3680. The summed E-state index contributed by atoms with van der Waals surface area (Å²) in [6.07, 6.45) is 14.4. The van der Waals surface area contributed by atoms with Crippen molar-refractivity contribution in [2.75, 3.05) is 0 Å². The molecule has 14 rings (SSSR count). The minimum absolute atomic E-state index is 0.367. The van der Waals surface area contributed by atoms with Crippen molar-refractivity contribution in [2.45, 2.75) is 254 Å². The molecule has 4 aliphatic carbocycles. The second-order valence-electron chi connectivity index (χ2n) is 30.6. The van der Waals surface area contributed by atoms with Gasteiger partial charge in [0.2, 0.25) is 0 Å². The van der Waals surface area contributed by atoms with E-state index in [-0.39, 0.29) is 0 Å². The van der Waals surface area contributed by atoms with E-state index in [1.54, 1.807) is 22.3 Å². The Kier molecular flexibility index (Phi) is 20.4. The molecule has 7 atom stereocenters. The summed E-state index contributed by atoms with van der Waals surface area (Å²) in [5.74, 6) is 8.04. The molecule has 2 fully saturated rings. The quantitative estimate of drug-likeness (QED) is 0.152. The Balaban J connectivity index is 0.000000127. The van der Waals surface area contributed by atoms with Crippen LogP contribution in [-0.4, -0.2) is 6.10 Å². The summed E-state index contributed by atoms with van der Waals surface area (Å²) in [5, 5.41) is 2.46. The highest BCUT2D eigenvalue weighted by molar-refractivity contribution is 6.07. The minimum atomic E-state index is 0.367. The Morgan fingerprint density at radius 2 is 0.809 bits per heavy atom. The fraction of sp³-hybridized carbons (Fsp3) is 0.512. The summed E-state index contributed by atoms with van der Waals surface area (Å²) in [7, 11) is 0. The molecule has 0 radical (unpaired) electrons. The lowest BCUT2D eigenvalue weighted by atomic mass is 9.65. The van der Waals surface area contributed by atoms with Crippen LogP contribution in [0.5, 0.6) is 11.5 Å². The van der Waals surface area contributed by atoms with E-state index < -0.39 is 0 Å². The van der Waals surface area contributed by atoms with Gasteiger partial charge in [0.1, 0.15) is 29.3 Å². The van der Waals surface area contributed by atoms with Crippen molar-refractivity contribution in [3.05, 3.63) is 196 Å². The van der Waals surface area contributed by atoms with Gasteiger partial charge in [-0.05, 0) is 325 Å². The maximum absolute atomic E-state index is 6.08. The molecule has 0 amide bonds. The third kappa shape index (κ3) is 13.6. The molecular formula is C86H114O3. The van der Waals surface area contributed by atoms with Crippen LogP contribution in [0.15, 0.2) is 83.3 Å². The summed E-state index contributed by atoms with van der Waals surface area (Å²) in [4.78, 5) is 0. The average molecular weight is 1200 g/mol. The SMILES string of the molecule is CC1CCC2CC(C)CCC2C1.Cc1cc2c(c(C)c1C)OC(C)CC2.Cc1ccc2c(c1C)C(C)(C)C(C)C2.Cc1ccc2c(c1C)C(C)(C)C(C)C2.Cc1ccc2c(c1C)COc1c-2ccc(C)c1C.Cc1ccc2c(oc3c(C)c(C)ccc32)c1C. The first kappa shape index (κ1) is 67.3. The monoisotopic (exact) mass is 1190 g/mol. The first-order chi connectivity index (χ1) is 41.9. The average Bonchev–Trinajstić information content (AvgIpc) is 1.87. The molecule has 3 heteroatoms. The summed E-state index contributed by atoms with van der Waals surface area (Å²) >= 11 is 0. The number of rotatable bonds is 0. The van der Waals surface area contributed by atoms with E-state index in [9.17, 15) is 0 Å². The van der Waals surface area contributed by atoms with Crippen molar-refractivity contribution < 1.29 is 13.9 Å². The van der Waals surface area contributed by atoms with Crippen molar-refractivity contribution in [2.24, 2.45) is 35.5 Å². The van der Waals surface area contributed by atoms with Gasteiger partial charge in [-0.3, -0.25) is 0 Å². The number of aryl methyl sites for hydroxylation is 10. The molecule has 7 aromatic carbocycles. The molecular weight excluding hydrogens is 1080 g/mol. The Labute approximate surface area is 540 Å². The van der Waals surface area contributed by atoms with Gasteiger partial charge in [-0.2, -0.15) is 0 Å². The molecule has 6 aliphatic rings. The molecule has 8 aromatic rings. The standard InChI is InChI=1S/C17H18O.C16H16O.2C14H20.C13H18O.C12H22/c1-10-5-7-14-15-8-6-11(2)13(4)17(15)18-9-16(14)12(10)3;1-9-5-7-13-14-8-6-10(2)12(4)16(14)17-15(13)11(9)3;2*1-9-6-7-12-8-10(2)14(4,5)13(12)11(9)3;1-8-7-12-6-5-9(2)14-13(12)11(4)10(8)3;1-9-3-5-12-8-10(2)4-6-11(12)7-9/h5-8H,9H2,1-4H3;5-8H,1-4H3;2*6-7,10H,8H2,1-5H3;7,9H,5-6H2,1-4H3;9-12H,3-8H2,1-2H3. The lowest BCUT2D eigenvalue weighted by Gasteiger charge is -2.40. The molecule has 1 aromatic heterocycles. The van der Waals surface area contributed by atoms with E-state index >= 15 is 0 Å². The Morgan fingerprint density at radius 3 is 1.30 bits per heavy atom. The number of benzene rings is 7. The Hall–Kier alpha value is -6.06. The number of furan rings is 1.